The fourth-order valence-electron chi connectivity index (χ4n) is 2.11. The van der Waals surface area contributed by atoms with Crippen LogP contribution in [0.2, 0.25) is 0 Å². The molecule has 10 nitrogen and oxygen atoms in total. The van der Waals surface area contributed by atoms with Crippen molar-refractivity contribution in [1.29, 1.82) is 0 Å². The number of hydrogen-bond donors (Lipinski definition) is 4. The second-order valence-electron chi connectivity index (χ2n) is 5.49. The number of nitrogen functional groups attached to an aromatic ring is 1. The smallest absolute Gasteiger partial charge is 0.309 e. The number of nitrogens with zero attached hydrogens (tertiary/aromatic N) is 3. The number of rotatable bonds is 8. The molecule has 0 spiro atoms. The van der Waals surface area contributed by atoms with Crippen LogP contribution in [0.25, 0.3) is 0 Å². The van der Waals surface area contributed by atoms with Crippen molar-refractivity contribution in [3.05, 3.63) is 33.2 Å². The zero-order valence-corrected chi connectivity index (χ0v) is 16.6. The summed E-state index contributed by atoms with van der Waals surface area (Å²) in [7, 11) is 0. The molecule has 3 heterocycles. The monoisotopic (exact) mass is 438 g/mol. The Morgan fingerprint density at radius 2 is 1.29 bits per heavy atom. The SMILES string of the molecule is Nc1nc(CC(=O)Nc2nc(CC(=O)Nc3nc(CC(=O)O)cs3)cs2)cs1. The summed E-state index contributed by atoms with van der Waals surface area (Å²) in [5, 5.41) is 20.1. The van der Waals surface area contributed by atoms with Crippen molar-refractivity contribution in [2.45, 2.75) is 19.3 Å². The van der Waals surface area contributed by atoms with Crippen LogP contribution in [0.4, 0.5) is 15.4 Å². The van der Waals surface area contributed by atoms with E-state index in [4.69, 9.17) is 10.8 Å². The second kappa shape index (κ2) is 8.86. The molecule has 0 aliphatic rings. The summed E-state index contributed by atoms with van der Waals surface area (Å²) in [6, 6.07) is 0. The molecule has 2 amide bonds. The highest BCUT2D eigenvalue weighted by Crippen LogP contribution is 2.19. The van der Waals surface area contributed by atoms with Crippen LogP contribution in [-0.4, -0.2) is 37.8 Å². The van der Waals surface area contributed by atoms with Crippen LogP contribution in [0, 0.1) is 0 Å². The molecule has 0 saturated heterocycles. The van der Waals surface area contributed by atoms with Gasteiger partial charge >= 0.3 is 5.97 Å². The lowest BCUT2D eigenvalue weighted by Crippen LogP contribution is -2.16. The third kappa shape index (κ3) is 5.80. The molecular weight excluding hydrogens is 424 g/mol. The first-order chi connectivity index (χ1) is 13.4. The molecule has 0 radical (unpaired) electrons. The Morgan fingerprint density at radius 1 is 0.821 bits per heavy atom. The van der Waals surface area contributed by atoms with Gasteiger partial charge in [-0.1, -0.05) is 0 Å². The van der Waals surface area contributed by atoms with Crippen molar-refractivity contribution in [1.82, 2.24) is 15.0 Å². The quantitative estimate of drug-likeness (QED) is 0.413. The summed E-state index contributed by atoms with van der Waals surface area (Å²) < 4.78 is 0. The first-order valence-electron chi connectivity index (χ1n) is 7.77. The predicted octanol–water partition coefficient (Wildman–Crippen LogP) is 1.63. The van der Waals surface area contributed by atoms with Crippen LogP contribution >= 0.6 is 34.0 Å². The highest BCUT2D eigenvalue weighted by atomic mass is 32.1. The highest BCUT2D eigenvalue weighted by molar-refractivity contribution is 7.14. The van der Waals surface area contributed by atoms with Gasteiger partial charge in [-0.05, 0) is 0 Å². The van der Waals surface area contributed by atoms with Crippen molar-refractivity contribution < 1.29 is 19.5 Å². The van der Waals surface area contributed by atoms with E-state index in [1.807, 2.05) is 0 Å². The van der Waals surface area contributed by atoms with E-state index in [1.54, 1.807) is 16.1 Å². The van der Waals surface area contributed by atoms with Crippen molar-refractivity contribution in [3.63, 3.8) is 0 Å². The molecule has 28 heavy (non-hydrogen) atoms. The number of carbonyl (C=O) groups is 3. The molecule has 0 aromatic carbocycles. The Hall–Kier alpha value is -2.90. The Balaban J connectivity index is 1.49. The van der Waals surface area contributed by atoms with Gasteiger partial charge in [0.1, 0.15) is 0 Å². The average Bonchev–Trinajstić information content (AvgIpc) is 3.30. The molecular formula is C15H14N6O4S3. The Morgan fingerprint density at radius 3 is 1.75 bits per heavy atom. The van der Waals surface area contributed by atoms with Gasteiger partial charge in [0.25, 0.3) is 0 Å². The number of nitrogens with one attached hydrogen (secondary N) is 2. The molecule has 3 aromatic heterocycles. The van der Waals surface area contributed by atoms with E-state index in [1.165, 1.54) is 22.7 Å². The number of aliphatic carboxylic acids is 1. The summed E-state index contributed by atoms with van der Waals surface area (Å²) in [4.78, 5) is 47.0. The maximum absolute atomic E-state index is 12.1. The maximum atomic E-state index is 12.1. The van der Waals surface area contributed by atoms with Gasteiger partial charge in [0, 0.05) is 16.1 Å². The Bertz CT molecular complexity index is 1010. The Kier molecular flexibility index (Phi) is 6.28. The molecule has 0 atom stereocenters. The van der Waals surface area contributed by atoms with Gasteiger partial charge in [-0.15, -0.1) is 34.0 Å². The summed E-state index contributed by atoms with van der Waals surface area (Å²) in [5.74, 6) is -1.60. The number of anilines is 3. The van der Waals surface area contributed by atoms with Gasteiger partial charge in [0.2, 0.25) is 11.8 Å². The summed E-state index contributed by atoms with van der Waals surface area (Å²) in [5.41, 5.74) is 7.00. The van der Waals surface area contributed by atoms with E-state index < -0.39 is 5.97 Å². The van der Waals surface area contributed by atoms with Crippen molar-refractivity contribution in [3.8, 4) is 0 Å². The van der Waals surface area contributed by atoms with Crippen LogP contribution in [0.3, 0.4) is 0 Å². The first-order valence-corrected chi connectivity index (χ1v) is 10.4. The number of carboxylic acid groups (broad SMARTS) is 1. The van der Waals surface area contributed by atoms with E-state index in [0.717, 1.165) is 11.3 Å². The van der Waals surface area contributed by atoms with Crippen LogP contribution in [-0.2, 0) is 33.6 Å². The lowest BCUT2D eigenvalue weighted by atomic mass is 10.3. The zero-order valence-electron chi connectivity index (χ0n) is 14.2. The molecule has 0 unspecified atom stereocenters. The topological polar surface area (TPSA) is 160 Å². The lowest BCUT2D eigenvalue weighted by Gasteiger charge is -2.00. The van der Waals surface area contributed by atoms with Crippen molar-refractivity contribution in [2.24, 2.45) is 0 Å². The van der Waals surface area contributed by atoms with Gasteiger partial charge in [-0.2, -0.15) is 0 Å². The van der Waals surface area contributed by atoms with Crippen LogP contribution in [0.1, 0.15) is 17.1 Å². The van der Waals surface area contributed by atoms with Crippen LogP contribution < -0.4 is 16.4 Å². The van der Waals surface area contributed by atoms with E-state index in [2.05, 4.69) is 25.6 Å². The minimum atomic E-state index is -0.988. The predicted molar refractivity (Wildman–Crippen MR) is 107 cm³/mol. The minimum absolute atomic E-state index is 0.00281. The number of hydrogen-bond acceptors (Lipinski definition) is 10. The van der Waals surface area contributed by atoms with E-state index in [-0.39, 0.29) is 31.1 Å². The summed E-state index contributed by atoms with van der Waals surface area (Å²) in [6.45, 7) is 0. The number of carbonyl (C=O) groups excluding carboxylic acids is 2. The molecule has 0 saturated carbocycles. The molecule has 146 valence electrons. The Labute approximate surface area is 170 Å². The van der Waals surface area contributed by atoms with Crippen LogP contribution in [0.15, 0.2) is 16.1 Å². The lowest BCUT2D eigenvalue weighted by molar-refractivity contribution is -0.136. The minimum Gasteiger partial charge on any atom is -0.481 e. The number of thiazole rings is 3. The number of aromatic nitrogens is 3. The summed E-state index contributed by atoms with van der Waals surface area (Å²) in [6.07, 6.45) is -0.107. The number of carboxylic acids is 1. The molecule has 0 fully saturated rings. The highest BCUT2D eigenvalue weighted by Gasteiger charge is 2.13. The largest absolute Gasteiger partial charge is 0.481 e. The normalized spacial score (nSPS) is 10.6. The molecule has 0 aliphatic heterocycles. The average molecular weight is 439 g/mol. The molecule has 0 aliphatic carbocycles. The molecule has 3 aromatic rings. The van der Waals surface area contributed by atoms with Gasteiger partial charge in [0.05, 0.1) is 36.3 Å². The fraction of sp³-hybridized carbons (Fsp3) is 0.200. The van der Waals surface area contributed by atoms with Crippen molar-refractivity contribution >= 4 is 67.2 Å². The second-order valence-corrected chi connectivity index (χ2v) is 8.09. The molecule has 3 rings (SSSR count). The third-order valence-corrected chi connectivity index (χ3v) is 5.52. The fourth-order valence-corrected chi connectivity index (χ4v) is 4.12. The van der Waals surface area contributed by atoms with Gasteiger partial charge in [-0.25, -0.2) is 15.0 Å². The first kappa shape index (κ1) is 19.9. The number of nitrogens with two attached hydrogens (primary N) is 1. The van der Waals surface area contributed by atoms with E-state index >= 15 is 0 Å². The van der Waals surface area contributed by atoms with Gasteiger partial charge in [-0.3, -0.25) is 14.4 Å². The van der Waals surface area contributed by atoms with Gasteiger partial charge < -0.3 is 21.5 Å². The number of amides is 2. The molecule has 0 bridgehead atoms. The third-order valence-electron chi connectivity index (χ3n) is 3.18. The summed E-state index contributed by atoms with van der Waals surface area (Å²) >= 11 is 3.62. The van der Waals surface area contributed by atoms with Gasteiger partial charge in [0.15, 0.2) is 15.4 Å². The van der Waals surface area contributed by atoms with E-state index in [9.17, 15) is 14.4 Å². The van der Waals surface area contributed by atoms with Crippen molar-refractivity contribution in [2.75, 3.05) is 16.4 Å². The van der Waals surface area contributed by atoms with Crippen LogP contribution in [0.5, 0.6) is 0 Å². The standard InChI is InChI=1S/C15H14N6O4S3/c16-13-17-7(4-26-13)1-10(22)20-14-18-8(5-27-14)2-11(23)21-15-19-9(6-28-15)3-12(24)25/h4-6H,1-3H2,(H2,16,17)(H,24,25)(H,18,20,22)(H,19,21,23). The maximum Gasteiger partial charge on any atom is 0.309 e. The molecule has 5 N–H and O–H groups in total. The molecule has 13 heteroatoms. The van der Waals surface area contributed by atoms with E-state index in [0.29, 0.717) is 32.5 Å². The zero-order chi connectivity index (χ0) is 20.1.